The molecule has 0 heterocycles. The third kappa shape index (κ3) is 4.83. The highest BCUT2D eigenvalue weighted by molar-refractivity contribution is 5.99. The normalized spacial score (nSPS) is 12.9. The van der Waals surface area contributed by atoms with Gasteiger partial charge < -0.3 is 15.7 Å². The number of ether oxygens (including phenoxy) is 1. The van der Waals surface area contributed by atoms with Crippen molar-refractivity contribution >= 4 is 17.6 Å². The number of oxime groups is 1. The quantitative estimate of drug-likeness (QED) is 0.337. The van der Waals surface area contributed by atoms with E-state index in [0.29, 0.717) is 6.07 Å². The number of alkyl halides is 3. The molecule has 0 aliphatic rings. The van der Waals surface area contributed by atoms with E-state index in [-0.39, 0.29) is 5.69 Å². The molecule has 0 bridgehead atoms. The number of carbonyl (C=O) groups excluding carboxylic acids is 1. The van der Waals surface area contributed by atoms with E-state index in [4.69, 9.17) is 15.7 Å². The Bertz CT molecular complexity index is 592. The van der Waals surface area contributed by atoms with E-state index in [1.807, 2.05) is 0 Å². The van der Waals surface area contributed by atoms with Crippen LogP contribution in [0.3, 0.4) is 0 Å². The summed E-state index contributed by atoms with van der Waals surface area (Å²) in [6.07, 6.45) is -5.63. The van der Waals surface area contributed by atoms with Gasteiger partial charge in [-0.2, -0.15) is 13.2 Å². The fourth-order valence-corrected chi connectivity index (χ4v) is 1.56. The number of carbonyl (C=O) groups is 1. The lowest BCUT2D eigenvalue weighted by molar-refractivity contribution is -0.137. The second-order valence-electron chi connectivity index (χ2n) is 5.37. The maximum atomic E-state index is 13.0. The highest BCUT2D eigenvalue weighted by atomic mass is 19.4. The van der Waals surface area contributed by atoms with Crippen LogP contribution in [0.2, 0.25) is 0 Å². The zero-order valence-electron chi connectivity index (χ0n) is 12.2. The minimum absolute atomic E-state index is 0.129. The zero-order valence-corrected chi connectivity index (χ0v) is 12.2. The van der Waals surface area contributed by atoms with Gasteiger partial charge in [0, 0.05) is 11.3 Å². The Morgan fingerprint density at radius 3 is 2.36 bits per heavy atom. The molecule has 9 heteroatoms. The van der Waals surface area contributed by atoms with Gasteiger partial charge in [-0.1, -0.05) is 5.16 Å². The number of anilines is 1. The molecule has 0 radical (unpaired) electrons. The maximum absolute atomic E-state index is 13.0. The molecule has 1 aromatic carbocycles. The first kappa shape index (κ1) is 17.6. The summed E-state index contributed by atoms with van der Waals surface area (Å²) < 4.78 is 43.9. The Morgan fingerprint density at radius 1 is 1.32 bits per heavy atom. The van der Waals surface area contributed by atoms with E-state index in [9.17, 15) is 18.0 Å². The Labute approximate surface area is 124 Å². The largest absolute Gasteiger partial charge is 0.444 e. The van der Waals surface area contributed by atoms with Gasteiger partial charge in [-0.15, -0.1) is 0 Å². The van der Waals surface area contributed by atoms with Gasteiger partial charge in [0.15, 0.2) is 5.84 Å². The van der Waals surface area contributed by atoms with Crippen molar-refractivity contribution < 1.29 is 27.9 Å². The highest BCUT2D eigenvalue weighted by Gasteiger charge is 2.35. The lowest BCUT2D eigenvalue weighted by Gasteiger charge is -2.20. The average Bonchev–Trinajstić information content (AvgIpc) is 2.34. The fourth-order valence-electron chi connectivity index (χ4n) is 1.56. The first-order valence-corrected chi connectivity index (χ1v) is 6.13. The Kier molecular flexibility index (Phi) is 4.90. The minimum Gasteiger partial charge on any atom is -0.444 e. The van der Waals surface area contributed by atoms with Gasteiger partial charge in [0.05, 0.1) is 5.56 Å². The van der Waals surface area contributed by atoms with Crippen LogP contribution in [0.4, 0.5) is 23.7 Å². The minimum atomic E-state index is -4.74. The Balaban J connectivity index is 3.13. The molecule has 0 unspecified atom stereocenters. The highest BCUT2D eigenvalue weighted by Crippen LogP contribution is 2.34. The molecule has 0 fully saturated rings. The predicted molar refractivity (Wildman–Crippen MR) is 73.8 cm³/mol. The molecule has 122 valence electrons. The van der Waals surface area contributed by atoms with Gasteiger partial charge in [-0.05, 0) is 39.0 Å². The number of halogens is 3. The summed E-state index contributed by atoms with van der Waals surface area (Å²) in [6.45, 7) is 4.86. The number of hydrogen-bond donors (Lipinski definition) is 3. The average molecular weight is 319 g/mol. The van der Waals surface area contributed by atoms with Gasteiger partial charge in [-0.3, -0.25) is 5.32 Å². The molecule has 0 aliphatic heterocycles. The van der Waals surface area contributed by atoms with Crippen LogP contribution in [0.1, 0.15) is 31.9 Å². The number of rotatable bonds is 2. The van der Waals surface area contributed by atoms with Crippen LogP contribution in [0.15, 0.2) is 23.4 Å². The molecular formula is C13H16F3N3O3. The van der Waals surface area contributed by atoms with Crippen LogP contribution in [-0.4, -0.2) is 22.7 Å². The maximum Gasteiger partial charge on any atom is 0.417 e. The van der Waals surface area contributed by atoms with Crippen LogP contribution >= 0.6 is 0 Å². The summed E-state index contributed by atoms with van der Waals surface area (Å²) >= 11 is 0. The number of amidine groups is 1. The van der Waals surface area contributed by atoms with Crippen molar-refractivity contribution in [2.75, 3.05) is 5.32 Å². The molecule has 0 aromatic heterocycles. The summed E-state index contributed by atoms with van der Waals surface area (Å²) in [7, 11) is 0. The topological polar surface area (TPSA) is 96.9 Å². The molecule has 0 saturated carbocycles. The number of amides is 1. The standard InChI is InChI=1S/C13H16F3N3O3/c1-12(2,3)22-11(20)18-7-4-5-8(10(17)19-21)9(6-7)13(14,15)16/h4-6,21H,1-3H3,(H2,17,19)(H,18,20). The van der Waals surface area contributed by atoms with Crippen LogP contribution in [0.5, 0.6) is 0 Å². The molecule has 22 heavy (non-hydrogen) atoms. The van der Waals surface area contributed by atoms with Crippen LogP contribution < -0.4 is 11.1 Å². The number of benzene rings is 1. The number of nitrogens with two attached hydrogens (primary N) is 1. The lowest BCUT2D eigenvalue weighted by atomic mass is 10.1. The van der Waals surface area contributed by atoms with E-state index >= 15 is 0 Å². The molecule has 1 amide bonds. The first-order valence-electron chi connectivity index (χ1n) is 6.13. The van der Waals surface area contributed by atoms with Gasteiger partial charge in [0.2, 0.25) is 0 Å². The number of nitrogens with one attached hydrogen (secondary N) is 1. The molecule has 0 spiro atoms. The summed E-state index contributed by atoms with van der Waals surface area (Å²) in [4.78, 5) is 11.6. The molecule has 0 aliphatic carbocycles. The Hall–Kier alpha value is -2.45. The second-order valence-corrected chi connectivity index (χ2v) is 5.37. The summed E-state index contributed by atoms with van der Waals surface area (Å²) in [5.41, 5.74) is 2.66. The van der Waals surface area contributed by atoms with Crippen LogP contribution in [0, 0.1) is 0 Å². The summed E-state index contributed by atoms with van der Waals surface area (Å²) in [6, 6.07) is 2.86. The van der Waals surface area contributed by atoms with Crippen molar-refractivity contribution in [3.05, 3.63) is 29.3 Å². The van der Waals surface area contributed by atoms with Crippen molar-refractivity contribution in [3.8, 4) is 0 Å². The molecule has 0 saturated heterocycles. The summed E-state index contributed by atoms with van der Waals surface area (Å²) in [5.74, 6) is -0.684. The van der Waals surface area contributed by atoms with E-state index in [1.54, 1.807) is 20.8 Å². The van der Waals surface area contributed by atoms with Crippen molar-refractivity contribution in [2.24, 2.45) is 10.9 Å². The van der Waals surface area contributed by atoms with Gasteiger partial charge in [0.25, 0.3) is 0 Å². The molecule has 1 aromatic rings. The van der Waals surface area contributed by atoms with E-state index in [2.05, 4.69) is 10.5 Å². The van der Waals surface area contributed by atoms with Crippen molar-refractivity contribution in [2.45, 2.75) is 32.5 Å². The van der Waals surface area contributed by atoms with E-state index in [0.717, 1.165) is 6.07 Å². The monoisotopic (exact) mass is 319 g/mol. The molecule has 1 rings (SSSR count). The first-order chi connectivity index (χ1) is 9.94. The second kappa shape index (κ2) is 6.12. The van der Waals surface area contributed by atoms with E-state index in [1.165, 1.54) is 6.07 Å². The predicted octanol–water partition coefficient (Wildman–Crippen LogP) is 3.15. The molecule has 4 N–H and O–H groups in total. The van der Waals surface area contributed by atoms with Crippen molar-refractivity contribution in [1.82, 2.24) is 0 Å². The fraction of sp³-hybridized carbons (Fsp3) is 0.385. The SMILES string of the molecule is CC(C)(C)OC(=O)Nc1ccc(C(N)=NO)c(C(F)(F)F)c1. The zero-order chi connectivity index (χ0) is 17.1. The third-order valence-electron chi connectivity index (χ3n) is 2.35. The third-order valence-corrected chi connectivity index (χ3v) is 2.35. The molecule has 6 nitrogen and oxygen atoms in total. The van der Waals surface area contributed by atoms with Gasteiger partial charge >= 0.3 is 12.3 Å². The Morgan fingerprint density at radius 2 is 1.91 bits per heavy atom. The van der Waals surface area contributed by atoms with Crippen LogP contribution in [-0.2, 0) is 10.9 Å². The number of hydrogen-bond acceptors (Lipinski definition) is 4. The lowest BCUT2D eigenvalue weighted by Crippen LogP contribution is -2.27. The summed E-state index contributed by atoms with van der Waals surface area (Å²) in [5, 5.41) is 13.3. The molecule has 0 atom stereocenters. The van der Waals surface area contributed by atoms with Crippen LogP contribution in [0.25, 0.3) is 0 Å². The van der Waals surface area contributed by atoms with E-state index < -0.39 is 34.8 Å². The van der Waals surface area contributed by atoms with Crippen molar-refractivity contribution in [3.63, 3.8) is 0 Å². The van der Waals surface area contributed by atoms with Gasteiger partial charge in [-0.25, -0.2) is 4.79 Å². The number of nitrogens with zero attached hydrogens (tertiary/aromatic N) is 1. The van der Waals surface area contributed by atoms with Crippen molar-refractivity contribution in [1.29, 1.82) is 0 Å². The van der Waals surface area contributed by atoms with Gasteiger partial charge in [0.1, 0.15) is 5.60 Å². The smallest absolute Gasteiger partial charge is 0.417 e. The molecular weight excluding hydrogens is 303 g/mol.